The highest BCUT2D eigenvalue weighted by Gasteiger charge is 2.24. The molecule has 0 aliphatic rings. The number of hydrogen-bond donors (Lipinski definition) is 2. The van der Waals surface area contributed by atoms with Gasteiger partial charge in [0, 0.05) is 33.9 Å². The molecule has 0 unspecified atom stereocenters. The van der Waals surface area contributed by atoms with E-state index in [1.54, 1.807) is 35.7 Å². The molecule has 0 amide bonds. The van der Waals surface area contributed by atoms with E-state index < -0.39 is 21.6 Å². The number of benzene rings is 3. The quantitative estimate of drug-likeness (QED) is 0.131. The van der Waals surface area contributed by atoms with Crippen molar-refractivity contribution in [3.05, 3.63) is 105 Å². The van der Waals surface area contributed by atoms with E-state index in [1.165, 1.54) is 12.3 Å². The molecule has 10 heteroatoms. The number of carbonyl (C=O) groups is 1. The van der Waals surface area contributed by atoms with Crippen molar-refractivity contribution in [2.45, 2.75) is 13.3 Å². The standard InChI is InChI=1S/C29H22ClFIN3O3S/c1-2-13-39(37,38)35-25-12-11-24(31)26(27(25)32)28(36)23-16-34-29-22(23)14-20(15-33-29)19-5-3-17(4-6-19)18-7-9-21(30)10-8-18/h3-12,14-16,35H,2,13H2,1H3,(H,33,34). The Morgan fingerprint density at radius 1 is 1.00 bits per heavy atom. The summed E-state index contributed by atoms with van der Waals surface area (Å²) in [5.41, 5.74) is 4.43. The van der Waals surface area contributed by atoms with E-state index in [2.05, 4.69) is 14.7 Å². The number of pyridine rings is 1. The van der Waals surface area contributed by atoms with Crippen LogP contribution in [-0.4, -0.2) is 29.9 Å². The lowest BCUT2D eigenvalue weighted by atomic mass is 9.99. The van der Waals surface area contributed by atoms with Crippen molar-refractivity contribution >= 4 is 66.7 Å². The normalized spacial score (nSPS) is 11.6. The van der Waals surface area contributed by atoms with Crippen LogP contribution in [0.2, 0.25) is 5.02 Å². The third kappa shape index (κ3) is 5.70. The topological polar surface area (TPSA) is 91.9 Å². The fraction of sp³-hybridized carbons (Fsp3) is 0.103. The molecule has 2 heterocycles. The second-order valence-electron chi connectivity index (χ2n) is 8.94. The van der Waals surface area contributed by atoms with E-state index in [0.29, 0.717) is 22.5 Å². The van der Waals surface area contributed by atoms with Gasteiger partial charge in [-0.15, -0.1) is 0 Å². The van der Waals surface area contributed by atoms with Crippen LogP contribution < -0.4 is 4.72 Å². The summed E-state index contributed by atoms with van der Waals surface area (Å²) in [4.78, 5) is 21.0. The average molecular weight is 674 g/mol. The molecule has 2 N–H and O–H groups in total. The van der Waals surface area contributed by atoms with Gasteiger partial charge < -0.3 is 4.98 Å². The van der Waals surface area contributed by atoms with Crippen LogP contribution in [-0.2, 0) is 10.0 Å². The monoisotopic (exact) mass is 673 g/mol. The molecule has 0 bridgehead atoms. The summed E-state index contributed by atoms with van der Waals surface area (Å²) >= 11 is 7.80. The first-order valence-electron chi connectivity index (χ1n) is 12.0. The fourth-order valence-electron chi connectivity index (χ4n) is 4.31. The number of halogens is 3. The number of rotatable bonds is 8. The number of fused-ring (bicyclic) bond motifs is 1. The van der Waals surface area contributed by atoms with Crippen molar-refractivity contribution in [1.29, 1.82) is 0 Å². The Hall–Kier alpha value is -3.28. The second-order valence-corrected chi connectivity index (χ2v) is 12.3. The number of sulfonamides is 1. The molecule has 0 saturated carbocycles. The van der Waals surface area contributed by atoms with Crippen LogP contribution >= 0.6 is 34.2 Å². The molecule has 2 aromatic heterocycles. The van der Waals surface area contributed by atoms with Crippen LogP contribution in [0.25, 0.3) is 33.3 Å². The fourth-order valence-corrected chi connectivity index (χ4v) is 6.58. The first-order valence-corrected chi connectivity index (χ1v) is 15.1. The number of H-pyrrole nitrogens is 1. The third-order valence-corrected chi connectivity index (χ3v) is 9.08. The zero-order valence-corrected chi connectivity index (χ0v) is 24.4. The van der Waals surface area contributed by atoms with Gasteiger partial charge in [0.25, 0.3) is 0 Å². The van der Waals surface area contributed by atoms with Gasteiger partial charge in [-0.1, -0.05) is 54.9 Å². The Balaban J connectivity index is 1.50. The number of aromatic amines is 1. The minimum Gasteiger partial charge on any atom is -0.345 e. The summed E-state index contributed by atoms with van der Waals surface area (Å²) in [7, 11) is -3.62. The molecule has 0 radical (unpaired) electrons. The summed E-state index contributed by atoms with van der Waals surface area (Å²) in [6.45, 7) is 1.75. The van der Waals surface area contributed by atoms with Crippen LogP contribution in [0.4, 0.5) is 10.1 Å². The van der Waals surface area contributed by atoms with Crippen molar-refractivity contribution in [3.8, 4) is 22.3 Å². The van der Waals surface area contributed by atoms with Crippen LogP contribution in [0, 0.1) is 9.39 Å². The molecule has 5 rings (SSSR count). The molecule has 39 heavy (non-hydrogen) atoms. The van der Waals surface area contributed by atoms with Crippen molar-refractivity contribution in [3.63, 3.8) is 0 Å². The van der Waals surface area contributed by atoms with Gasteiger partial charge in [0.2, 0.25) is 10.0 Å². The van der Waals surface area contributed by atoms with Crippen molar-refractivity contribution in [2.75, 3.05) is 10.5 Å². The molecule has 0 aliphatic carbocycles. The molecule has 6 nitrogen and oxygen atoms in total. The van der Waals surface area contributed by atoms with Crippen LogP contribution in [0.5, 0.6) is 0 Å². The predicted molar refractivity (Wildman–Crippen MR) is 162 cm³/mol. The zero-order chi connectivity index (χ0) is 27.7. The van der Waals surface area contributed by atoms with Gasteiger partial charge in [-0.2, -0.15) is 0 Å². The zero-order valence-electron chi connectivity index (χ0n) is 20.6. The number of anilines is 1. The van der Waals surface area contributed by atoms with E-state index in [-0.39, 0.29) is 26.1 Å². The highest BCUT2D eigenvalue weighted by molar-refractivity contribution is 14.1. The molecule has 0 spiro atoms. The second kappa shape index (κ2) is 11.1. The lowest BCUT2D eigenvalue weighted by Gasteiger charge is -2.13. The minimum absolute atomic E-state index is 0.0820. The molecule has 3 aromatic carbocycles. The first-order chi connectivity index (χ1) is 18.7. The smallest absolute Gasteiger partial charge is 0.232 e. The number of ketones is 1. The highest BCUT2D eigenvalue weighted by Crippen LogP contribution is 2.32. The summed E-state index contributed by atoms with van der Waals surface area (Å²) in [5.74, 6) is -1.39. The Labute approximate surface area is 243 Å². The van der Waals surface area contributed by atoms with E-state index in [1.807, 2.05) is 54.6 Å². The van der Waals surface area contributed by atoms with E-state index in [9.17, 15) is 17.6 Å². The molecule has 198 valence electrons. The van der Waals surface area contributed by atoms with Gasteiger partial charge in [-0.05, 0) is 76.0 Å². The van der Waals surface area contributed by atoms with Crippen LogP contribution in [0.3, 0.4) is 0 Å². The van der Waals surface area contributed by atoms with E-state index >= 15 is 0 Å². The average Bonchev–Trinajstić information content (AvgIpc) is 3.34. The van der Waals surface area contributed by atoms with Gasteiger partial charge in [-0.25, -0.2) is 17.8 Å². The summed E-state index contributed by atoms with van der Waals surface area (Å²) in [5, 5.41) is 1.21. The Morgan fingerprint density at radius 2 is 1.62 bits per heavy atom. The van der Waals surface area contributed by atoms with E-state index in [0.717, 1.165) is 28.3 Å². The third-order valence-electron chi connectivity index (χ3n) is 6.23. The predicted octanol–water partition coefficient (Wildman–Crippen LogP) is 7.68. The molecule has 0 saturated heterocycles. The van der Waals surface area contributed by atoms with Crippen LogP contribution in [0.15, 0.2) is 79.1 Å². The minimum atomic E-state index is -3.62. The van der Waals surface area contributed by atoms with Crippen molar-refractivity contribution in [1.82, 2.24) is 9.97 Å². The maximum atomic E-state index is 15.0. The van der Waals surface area contributed by atoms with Gasteiger partial charge in [-0.3, -0.25) is 9.52 Å². The number of hydrogen-bond acceptors (Lipinski definition) is 4. The maximum Gasteiger partial charge on any atom is 0.232 e. The van der Waals surface area contributed by atoms with Crippen LogP contribution in [0.1, 0.15) is 29.3 Å². The van der Waals surface area contributed by atoms with Crippen molar-refractivity contribution in [2.24, 2.45) is 0 Å². The molecule has 0 atom stereocenters. The number of aromatic nitrogens is 2. The van der Waals surface area contributed by atoms with Gasteiger partial charge in [0.1, 0.15) is 11.5 Å². The van der Waals surface area contributed by atoms with Crippen molar-refractivity contribution < 1.29 is 17.6 Å². The molecule has 0 fully saturated rings. The maximum absolute atomic E-state index is 15.0. The Morgan fingerprint density at radius 3 is 2.26 bits per heavy atom. The highest BCUT2D eigenvalue weighted by atomic mass is 127. The first kappa shape index (κ1) is 27.3. The molecular formula is C29H22ClFIN3O3S. The Kier molecular flexibility index (Phi) is 7.75. The Bertz CT molecular complexity index is 1800. The van der Waals surface area contributed by atoms with Gasteiger partial charge >= 0.3 is 0 Å². The summed E-state index contributed by atoms with van der Waals surface area (Å²) in [6, 6.07) is 19.8. The SMILES string of the molecule is CCCS(=O)(=O)Nc1ccc(F)c(C(=O)c2c[nH]c3ncc(-c4ccc(-c5ccc(Cl)cc5)cc4)cc23)c1I. The molecule has 5 aromatic rings. The number of nitrogens with zero attached hydrogens (tertiary/aromatic N) is 1. The largest absolute Gasteiger partial charge is 0.345 e. The lowest BCUT2D eigenvalue weighted by Crippen LogP contribution is -2.18. The summed E-state index contributed by atoms with van der Waals surface area (Å²) in [6.07, 6.45) is 3.63. The summed E-state index contributed by atoms with van der Waals surface area (Å²) < 4.78 is 42.2. The number of carbonyl (C=O) groups excluding carboxylic acids is 1. The molecule has 0 aliphatic heterocycles. The van der Waals surface area contributed by atoms with E-state index in [4.69, 9.17) is 11.6 Å². The molecular weight excluding hydrogens is 652 g/mol. The lowest BCUT2D eigenvalue weighted by molar-refractivity contribution is 0.103. The number of nitrogens with one attached hydrogen (secondary N) is 2. The van der Waals surface area contributed by atoms with Gasteiger partial charge in [0.15, 0.2) is 5.78 Å². The van der Waals surface area contributed by atoms with Gasteiger partial charge in [0.05, 0.1) is 20.6 Å².